The lowest BCUT2D eigenvalue weighted by molar-refractivity contribution is -0.120. The van der Waals surface area contributed by atoms with Gasteiger partial charge in [-0.1, -0.05) is 12.5 Å². The molecular weight excluding hydrogens is 196 g/mol. The van der Waals surface area contributed by atoms with Crippen LogP contribution in [0.15, 0.2) is 23.8 Å². The van der Waals surface area contributed by atoms with E-state index in [1.807, 2.05) is 23.8 Å². The largest absolute Gasteiger partial charge is 0.356 e. The van der Waals surface area contributed by atoms with Crippen LogP contribution in [-0.2, 0) is 4.79 Å². The molecule has 0 atom stereocenters. The van der Waals surface area contributed by atoms with Gasteiger partial charge in [-0.2, -0.15) is 0 Å². The highest BCUT2D eigenvalue weighted by Crippen LogP contribution is 2.02. The lowest BCUT2D eigenvalue weighted by Crippen LogP contribution is -2.21. The van der Waals surface area contributed by atoms with E-state index in [-0.39, 0.29) is 5.91 Å². The van der Waals surface area contributed by atoms with E-state index in [1.54, 1.807) is 11.9 Å². The maximum Gasteiger partial charge on any atom is 0.219 e. The van der Waals surface area contributed by atoms with Crippen LogP contribution in [0.3, 0.4) is 0 Å². The highest BCUT2D eigenvalue weighted by atomic mass is 32.2. The maximum atomic E-state index is 10.6. The van der Waals surface area contributed by atoms with Gasteiger partial charge in [-0.15, -0.1) is 0 Å². The van der Waals surface area contributed by atoms with Crippen molar-refractivity contribution in [1.29, 1.82) is 0 Å². The van der Waals surface area contributed by atoms with Gasteiger partial charge >= 0.3 is 0 Å². The Labute approximate surface area is 89.2 Å². The fraction of sp³-hybridized carbons (Fsp3) is 0.500. The summed E-state index contributed by atoms with van der Waals surface area (Å²) in [6.45, 7) is 0.888. The number of carbonyl (C=O) groups excluding carboxylic acids is 1. The van der Waals surface area contributed by atoms with E-state index in [2.05, 4.69) is 10.0 Å². The van der Waals surface area contributed by atoms with E-state index in [9.17, 15) is 4.79 Å². The third-order valence-electron chi connectivity index (χ3n) is 1.89. The summed E-state index contributed by atoms with van der Waals surface area (Å²) in [5, 5.41) is 4.79. The summed E-state index contributed by atoms with van der Waals surface area (Å²) >= 11 is 1.58. The van der Waals surface area contributed by atoms with Gasteiger partial charge in [0.15, 0.2) is 0 Å². The molecule has 1 fully saturated rings. The Balaban J connectivity index is 0.000000146. The Kier molecular flexibility index (Phi) is 5.99. The molecule has 2 aliphatic rings. The summed E-state index contributed by atoms with van der Waals surface area (Å²) in [5.74, 6) is 0.225. The molecule has 0 bridgehead atoms. The number of hydrogen-bond acceptors (Lipinski definition) is 3. The highest BCUT2D eigenvalue weighted by molar-refractivity contribution is 8.00. The highest BCUT2D eigenvalue weighted by Gasteiger charge is 2.03. The van der Waals surface area contributed by atoms with Crippen LogP contribution in [0, 0.1) is 0 Å². The molecule has 0 spiro atoms. The van der Waals surface area contributed by atoms with E-state index in [0.717, 1.165) is 25.8 Å². The molecule has 0 unspecified atom stereocenters. The molecule has 0 aromatic heterocycles. The minimum Gasteiger partial charge on any atom is -0.356 e. The van der Waals surface area contributed by atoms with Crippen LogP contribution in [0.2, 0.25) is 0 Å². The van der Waals surface area contributed by atoms with E-state index in [4.69, 9.17) is 0 Å². The monoisotopic (exact) mass is 212 g/mol. The molecule has 3 nitrogen and oxygen atoms in total. The van der Waals surface area contributed by atoms with Crippen LogP contribution in [0.5, 0.6) is 0 Å². The number of nitrogens with one attached hydrogen (secondary N) is 2. The van der Waals surface area contributed by atoms with Gasteiger partial charge in [0, 0.05) is 19.2 Å². The van der Waals surface area contributed by atoms with Crippen molar-refractivity contribution >= 4 is 17.9 Å². The van der Waals surface area contributed by atoms with Crippen molar-refractivity contribution in [2.75, 3.05) is 6.54 Å². The Morgan fingerprint density at radius 3 is 2.71 bits per heavy atom. The molecule has 1 amide bonds. The van der Waals surface area contributed by atoms with Gasteiger partial charge in [0.2, 0.25) is 5.91 Å². The molecule has 0 aromatic rings. The van der Waals surface area contributed by atoms with Crippen LogP contribution < -0.4 is 10.0 Å². The van der Waals surface area contributed by atoms with Crippen molar-refractivity contribution in [3.8, 4) is 0 Å². The third kappa shape index (κ3) is 5.70. The average molecular weight is 212 g/mol. The van der Waals surface area contributed by atoms with Gasteiger partial charge in [0.05, 0.1) is 0 Å². The van der Waals surface area contributed by atoms with Crippen LogP contribution in [0.4, 0.5) is 0 Å². The van der Waals surface area contributed by atoms with Crippen molar-refractivity contribution in [3.63, 3.8) is 0 Å². The maximum absolute atomic E-state index is 10.6. The first kappa shape index (κ1) is 11.2. The number of allylic oxidation sites excluding steroid dienone is 2. The molecule has 78 valence electrons. The van der Waals surface area contributed by atoms with E-state index in [0.29, 0.717) is 0 Å². The fourth-order valence-electron chi connectivity index (χ4n) is 1.16. The minimum atomic E-state index is 0.225. The smallest absolute Gasteiger partial charge is 0.219 e. The van der Waals surface area contributed by atoms with E-state index >= 15 is 0 Å². The van der Waals surface area contributed by atoms with Crippen LogP contribution in [0.1, 0.15) is 25.7 Å². The van der Waals surface area contributed by atoms with Crippen molar-refractivity contribution in [3.05, 3.63) is 23.8 Å². The Morgan fingerprint density at radius 2 is 2.14 bits per heavy atom. The van der Waals surface area contributed by atoms with Gasteiger partial charge < -0.3 is 10.0 Å². The average Bonchev–Trinajstić information content (AvgIpc) is 2.49. The SMILES string of the molecule is C1=CNSC=C1.O=C1CCCCCN1. The number of hydrogen-bond donors (Lipinski definition) is 2. The molecule has 14 heavy (non-hydrogen) atoms. The standard InChI is InChI=1S/C6H11NO.C4H5NS/c8-6-4-2-1-3-5-7-6;1-2-4-6-5-3-1/h1-5H2,(H,7,8);1-5H. The van der Waals surface area contributed by atoms with Crippen molar-refractivity contribution in [2.24, 2.45) is 0 Å². The van der Waals surface area contributed by atoms with E-state index < -0.39 is 0 Å². The zero-order valence-corrected chi connectivity index (χ0v) is 8.98. The number of amides is 1. The van der Waals surface area contributed by atoms with Crippen LogP contribution in [-0.4, -0.2) is 12.5 Å². The quantitative estimate of drug-likeness (QED) is 0.603. The Bertz CT molecular complexity index is 204. The fourth-order valence-corrected chi connectivity index (χ4v) is 1.57. The lowest BCUT2D eigenvalue weighted by Gasteiger charge is -1.93. The first-order valence-corrected chi connectivity index (χ1v) is 5.77. The normalized spacial score (nSPS) is 19.9. The number of carbonyl (C=O) groups is 1. The predicted molar refractivity (Wildman–Crippen MR) is 60.5 cm³/mol. The second kappa shape index (κ2) is 7.50. The summed E-state index contributed by atoms with van der Waals surface area (Å²) in [6.07, 6.45) is 10.0. The molecular formula is C10H16N2OS. The molecule has 1 saturated heterocycles. The Hall–Kier alpha value is -0.900. The third-order valence-corrected chi connectivity index (χ3v) is 2.46. The molecule has 2 N–H and O–H groups in total. The lowest BCUT2D eigenvalue weighted by atomic mass is 10.2. The topological polar surface area (TPSA) is 41.1 Å². The molecule has 2 aliphatic heterocycles. The summed E-state index contributed by atoms with van der Waals surface area (Å²) < 4.78 is 2.93. The molecule has 2 rings (SSSR count). The molecule has 0 aliphatic carbocycles. The van der Waals surface area contributed by atoms with Crippen LogP contribution in [0.25, 0.3) is 0 Å². The summed E-state index contributed by atoms with van der Waals surface area (Å²) in [4.78, 5) is 10.6. The molecule has 0 radical (unpaired) electrons. The molecule has 2 heterocycles. The van der Waals surface area contributed by atoms with Crippen molar-refractivity contribution in [1.82, 2.24) is 10.0 Å². The predicted octanol–water partition coefficient (Wildman–Crippen LogP) is 1.94. The van der Waals surface area contributed by atoms with E-state index in [1.165, 1.54) is 6.42 Å². The van der Waals surface area contributed by atoms with Crippen molar-refractivity contribution < 1.29 is 4.79 Å². The number of rotatable bonds is 0. The summed E-state index contributed by atoms with van der Waals surface area (Å²) in [5.41, 5.74) is 0. The Morgan fingerprint density at radius 1 is 1.21 bits per heavy atom. The molecule has 4 heteroatoms. The first-order valence-electron chi connectivity index (χ1n) is 4.89. The van der Waals surface area contributed by atoms with Gasteiger partial charge in [-0.25, -0.2) is 0 Å². The first-order chi connectivity index (χ1) is 6.89. The summed E-state index contributed by atoms with van der Waals surface area (Å²) in [7, 11) is 0. The van der Waals surface area contributed by atoms with Gasteiger partial charge in [-0.05, 0) is 36.3 Å². The minimum absolute atomic E-state index is 0.225. The molecule has 0 saturated carbocycles. The summed E-state index contributed by atoms with van der Waals surface area (Å²) in [6, 6.07) is 0. The zero-order valence-electron chi connectivity index (χ0n) is 8.16. The van der Waals surface area contributed by atoms with Gasteiger partial charge in [0.25, 0.3) is 0 Å². The van der Waals surface area contributed by atoms with Gasteiger partial charge in [-0.3, -0.25) is 4.79 Å². The van der Waals surface area contributed by atoms with Crippen LogP contribution >= 0.6 is 11.9 Å². The zero-order chi connectivity index (χ0) is 10.1. The molecule has 0 aromatic carbocycles. The second-order valence-electron chi connectivity index (χ2n) is 3.08. The second-order valence-corrected chi connectivity index (χ2v) is 3.83. The van der Waals surface area contributed by atoms with Crippen molar-refractivity contribution in [2.45, 2.75) is 25.7 Å². The van der Waals surface area contributed by atoms with Gasteiger partial charge in [0.1, 0.15) is 0 Å².